The number of nitrogens with one attached hydrogen (secondary N) is 1. The van der Waals surface area contributed by atoms with E-state index in [9.17, 15) is 0 Å². The molecule has 0 amide bonds. The molecule has 0 fully saturated rings. The van der Waals surface area contributed by atoms with Gasteiger partial charge in [0.25, 0.3) is 0 Å². The van der Waals surface area contributed by atoms with E-state index in [2.05, 4.69) is 51.8 Å². The van der Waals surface area contributed by atoms with Crippen molar-refractivity contribution >= 4 is 28.4 Å². The zero-order valence-corrected chi connectivity index (χ0v) is 13.8. The summed E-state index contributed by atoms with van der Waals surface area (Å²) in [7, 11) is 3.78. The zero-order chi connectivity index (χ0) is 14.0. The third-order valence-corrected chi connectivity index (χ3v) is 3.85. The van der Waals surface area contributed by atoms with Crippen molar-refractivity contribution in [3.05, 3.63) is 21.7 Å². The van der Waals surface area contributed by atoms with Gasteiger partial charge in [-0.3, -0.25) is 4.68 Å². The van der Waals surface area contributed by atoms with Crippen LogP contribution in [-0.4, -0.2) is 26.8 Å². The van der Waals surface area contributed by atoms with Crippen molar-refractivity contribution in [3.63, 3.8) is 0 Å². The summed E-state index contributed by atoms with van der Waals surface area (Å²) in [5.74, 6) is 2.17. The lowest BCUT2D eigenvalue weighted by Crippen LogP contribution is -2.07. The Morgan fingerprint density at radius 2 is 2.11 bits per heavy atom. The molecule has 102 valence electrons. The Kier molecular flexibility index (Phi) is 4.38. The topological polar surface area (TPSA) is 55.6 Å². The quantitative estimate of drug-likeness (QED) is 0.840. The highest BCUT2D eigenvalue weighted by molar-refractivity contribution is 14.1. The first-order valence-corrected chi connectivity index (χ1v) is 7.32. The first kappa shape index (κ1) is 14.2. The molecule has 1 N–H and O–H groups in total. The van der Waals surface area contributed by atoms with Crippen LogP contribution in [0.1, 0.15) is 19.5 Å². The molecule has 5 nitrogen and oxygen atoms in total. The highest BCUT2D eigenvalue weighted by Crippen LogP contribution is 2.25. The molecule has 2 aromatic rings. The predicted molar refractivity (Wildman–Crippen MR) is 85.0 cm³/mol. The maximum absolute atomic E-state index is 4.69. The minimum atomic E-state index is 0.565. The lowest BCUT2D eigenvalue weighted by Gasteiger charge is -2.12. The fraction of sp³-hybridized carbons (Fsp3) is 0.462. The standard InChI is InChI=1S/C13H18IN5/c1-8(2)5-10-11(14)13(15-3)18-12(17-10)9-6-16-19(4)7-9/h6-8H,5H2,1-4H3,(H,15,17,18). The number of aromatic nitrogens is 4. The molecule has 19 heavy (non-hydrogen) atoms. The van der Waals surface area contributed by atoms with E-state index in [0.29, 0.717) is 5.92 Å². The number of hydrogen-bond acceptors (Lipinski definition) is 4. The fourth-order valence-electron chi connectivity index (χ4n) is 1.85. The molecule has 0 aliphatic heterocycles. The van der Waals surface area contributed by atoms with Gasteiger partial charge in [0.15, 0.2) is 5.82 Å². The van der Waals surface area contributed by atoms with Crippen molar-refractivity contribution in [3.8, 4) is 11.4 Å². The van der Waals surface area contributed by atoms with Gasteiger partial charge in [0, 0.05) is 20.3 Å². The van der Waals surface area contributed by atoms with Gasteiger partial charge in [0.1, 0.15) is 5.82 Å². The maximum atomic E-state index is 4.69. The van der Waals surface area contributed by atoms with Gasteiger partial charge in [-0.15, -0.1) is 0 Å². The van der Waals surface area contributed by atoms with Crippen LogP contribution in [0.25, 0.3) is 11.4 Å². The van der Waals surface area contributed by atoms with Crippen LogP contribution in [0.2, 0.25) is 0 Å². The summed E-state index contributed by atoms with van der Waals surface area (Å²) in [6.45, 7) is 4.39. The third kappa shape index (κ3) is 3.23. The van der Waals surface area contributed by atoms with Gasteiger partial charge in [-0.05, 0) is 34.9 Å². The smallest absolute Gasteiger partial charge is 0.165 e. The van der Waals surface area contributed by atoms with Crippen LogP contribution in [0.5, 0.6) is 0 Å². The normalized spacial score (nSPS) is 11.1. The van der Waals surface area contributed by atoms with Crippen LogP contribution >= 0.6 is 22.6 Å². The molecule has 0 atom stereocenters. The molecule has 2 rings (SSSR count). The summed E-state index contributed by atoms with van der Waals surface area (Å²) in [5, 5.41) is 7.32. The summed E-state index contributed by atoms with van der Waals surface area (Å²) < 4.78 is 2.86. The molecule has 0 unspecified atom stereocenters. The molecule has 6 heteroatoms. The minimum Gasteiger partial charge on any atom is -0.372 e. The monoisotopic (exact) mass is 371 g/mol. The van der Waals surface area contributed by atoms with E-state index in [1.165, 1.54) is 0 Å². The Morgan fingerprint density at radius 1 is 1.37 bits per heavy atom. The molecule has 0 aliphatic carbocycles. The largest absolute Gasteiger partial charge is 0.372 e. The SMILES string of the molecule is CNc1nc(-c2cnn(C)c2)nc(CC(C)C)c1I. The number of rotatable bonds is 4. The number of halogens is 1. The van der Waals surface area contributed by atoms with Gasteiger partial charge in [-0.2, -0.15) is 5.10 Å². The Bertz CT molecular complexity index is 576. The van der Waals surface area contributed by atoms with Crippen molar-refractivity contribution in [2.24, 2.45) is 13.0 Å². The molecule has 0 radical (unpaired) electrons. The van der Waals surface area contributed by atoms with Crippen LogP contribution in [0, 0.1) is 9.49 Å². The molecule has 0 spiro atoms. The predicted octanol–water partition coefficient (Wildman–Crippen LogP) is 2.72. The molecule has 2 heterocycles. The van der Waals surface area contributed by atoms with E-state index >= 15 is 0 Å². The fourth-order valence-corrected chi connectivity index (χ4v) is 2.58. The van der Waals surface area contributed by atoms with Crippen LogP contribution in [0.15, 0.2) is 12.4 Å². The van der Waals surface area contributed by atoms with E-state index in [1.54, 1.807) is 10.9 Å². The zero-order valence-electron chi connectivity index (χ0n) is 11.6. The van der Waals surface area contributed by atoms with Crippen LogP contribution in [0.3, 0.4) is 0 Å². The van der Waals surface area contributed by atoms with Crippen molar-refractivity contribution in [2.45, 2.75) is 20.3 Å². The first-order chi connectivity index (χ1) is 9.01. The van der Waals surface area contributed by atoms with Gasteiger partial charge in [-0.25, -0.2) is 9.97 Å². The van der Waals surface area contributed by atoms with E-state index in [4.69, 9.17) is 4.98 Å². The summed E-state index contributed by atoms with van der Waals surface area (Å²) >= 11 is 2.31. The highest BCUT2D eigenvalue weighted by Gasteiger charge is 2.14. The molecule has 0 saturated heterocycles. The molecule has 0 saturated carbocycles. The van der Waals surface area contributed by atoms with E-state index in [-0.39, 0.29) is 0 Å². The molecular formula is C13H18IN5. The Hall–Kier alpha value is -1.18. The lowest BCUT2D eigenvalue weighted by atomic mass is 10.1. The van der Waals surface area contributed by atoms with Crippen LogP contribution in [0.4, 0.5) is 5.82 Å². The van der Waals surface area contributed by atoms with E-state index in [1.807, 2.05) is 20.3 Å². The second kappa shape index (κ2) is 5.85. The second-order valence-corrected chi connectivity index (χ2v) is 5.99. The molecule has 0 bridgehead atoms. The van der Waals surface area contributed by atoms with Crippen LogP contribution in [-0.2, 0) is 13.5 Å². The van der Waals surface area contributed by atoms with Crippen molar-refractivity contribution < 1.29 is 0 Å². The average Bonchev–Trinajstić information content (AvgIpc) is 2.78. The van der Waals surface area contributed by atoms with Gasteiger partial charge in [0.05, 0.1) is 21.0 Å². The van der Waals surface area contributed by atoms with Gasteiger partial charge in [-0.1, -0.05) is 13.8 Å². The van der Waals surface area contributed by atoms with Gasteiger partial charge >= 0.3 is 0 Å². The second-order valence-electron chi connectivity index (χ2n) is 4.91. The maximum Gasteiger partial charge on any atom is 0.165 e. The van der Waals surface area contributed by atoms with E-state index in [0.717, 1.165) is 32.9 Å². The molecule has 2 aromatic heterocycles. The summed E-state index contributed by atoms with van der Waals surface area (Å²) in [6, 6.07) is 0. The van der Waals surface area contributed by atoms with Gasteiger partial charge < -0.3 is 5.32 Å². The van der Waals surface area contributed by atoms with Crippen molar-refractivity contribution in [1.29, 1.82) is 0 Å². The molecular weight excluding hydrogens is 353 g/mol. The van der Waals surface area contributed by atoms with Crippen LogP contribution < -0.4 is 5.32 Å². The van der Waals surface area contributed by atoms with Crippen molar-refractivity contribution in [2.75, 3.05) is 12.4 Å². The minimum absolute atomic E-state index is 0.565. The Morgan fingerprint density at radius 3 is 2.63 bits per heavy atom. The Labute approximate surface area is 127 Å². The Balaban J connectivity index is 2.50. The molecule has 0 aromatic carbocycles. The third-order valence-electron chi connectivity index (χ3n) is 2.72. The number of hydrogen-bond donors (Lipinski definition) is 1. The first-order valence-electron chi connectivity index (χ1n) is 6.24. The van der Waals surface area contributed by atoms with Gasteiger partial charge in [0.2, 0.25) is 0 Å². The summed E-state index contributed by atoms with van der Waals surface area (Å²) in [4.78, 5) is 9.25. The number of aryl methyl sites for hydroxylation is 1. The summed E-state index contributed by atoms with van der Waals surface area (Å²) in [6.07, 6.45) is 4.67. The average molecular weight is 371 g/mol. The lowest BCUT2D eigenvalue weighted by molar-refractivity contribution is 0.632. The summed E-state index contributed by atoms with van der Waals surface area (Å²) in [5.41, 5.74) is 2.04. The molecule has 0 aliphatic rings. The number of anilines is 1. The van der Waals surface area contributed by atoms with E-state index < -0.39 is 0 Å². The highest BCUT2D eigenvalue weighted by atomic mass is 127. The number of nitrogens with zero attached hydrogens (tertiary/aromatic N) is 4. The van der Waals surface area contributed by atoms with Crippen molar-refractivity contribution in [1.82, 2.24) is 19.7 Å².